The predicted octanol–water partition coefficient (Wildman–Crippen LogP) is 1.16. The van der Waals surface area contributed by atoms with Crippen LogP contribution >= 0.6 is 0 Å². The summed E-state index contributed by atoms with van der Waals surface area (Å²) in [5, 5.41) is 12.5. The highest BCUT2D eigenvalue weighted by Gasteiger charge is 1.98. The van der Waals surface area contributed by atoms with Crippen LogP contribution < -0.4 is 5.32 Å². The maximum atomic E-state index is 9.23. The number of aliphatic hydroxyl groups excluding tert-OH is 1. The summed E-state index contributed by atoms with van der Waals surface area (Å²) < 4.78 is 5.35. The van der Waals surface area contributed by atoms with Crippen LogP contribution in [0.4, 0.5) is 0 Å². The molecule has 0 spiro atoms. The number of hydrogen-bond donors (Lipinski definition) is 2. The van der Waals surface area contributed by atoms with E-state index < -0.39 is 0 Å². The van der Waals surface area contributed by atoms with Crippen LogP contribution in [-0.4, -0.2) is 37.0 Å². The first kappa shape index (κ1) is 12.9. The van der Waals surface area contributed by atoms with Crippen LogP contribution in [0.5, 0.6) is 0 Å². The lowest BCUT2D eigenvalue weighted by molar-refractivity contribution is 0.0799. The summed E-state index contributed by atoms with van der Waals surface area (Å²) in [6.45, 7) is 8.54. The zero-order chi connectivity index (χ0) is 10.1. The molecule has 3 heteroatoms. The van der Waals surface area contributed by atoms with Gasteiger partial charge in [-0.05, 0) is 33.2 Å². The quantitative estimate of drug-likeness (QED) is 0.563. The van der Waals surface area contributed by atoms with E-state index >= 15 is 0 Å². The van der Waals surface area contributed by atoms with Gasteiger partial charge in [-0.25, -0.2) is 0 Å². The Balaban J connectivity index is 2.99. The van der Waals surface area contributed by atoms with Gasteiger partial charge in [0.05, 0.1) is 18.8 Å². The third kappa shape index (κ3) is 9.80. The van der Waals surface area contributed by atoms with Crippen LogP contribution in [0.15, 0.2) is 0 Å². The molecule has 0 saturated carbocycles. The first-order valence-electron chi connectivity index (χ1n) is 5.17. The van der Waals surface area contributed by atoms with Crippen molar-refractivity contribution in [3.63, 3.8) is 0 Å². The average molecular weight is 189 g/mol. The maximum Gasteiger partial charge on any atom is 0.0594 e. The first-order valence-corrected chi connectivity index (χ1v) is 5.17. The smallest absolute Gasteiger partial charge is 0.0594 e. The lowest BCUT2D eigenvalue weighted by atomic mass is 10.2. The Kier molecular flexibility index (Phi) is 8.40. The molecule has 0 aliphatic rings. The molecule has 0 aromatic heterocycles. The molecule has 0 fully saturated rings. The van der Waals surface area contributed by atoms with Crippen LogP contribution in [0.1, 0.15) is 33.6 Å². The fourth-order valence-electron chi connectivity index (χ4n) is 0.965. The number of aliphatic hydroxyl groups is 1. The van der Waals surface area contributed by atoms with Gasteiger partial charge in [-0.1, -0.05) is 6.92 Å². The second-order valence-electron chi connectivity index (χ2n) is 3.52. The summed E-state index contributed by atoms with van der Waals surface area (Å²) in [5.74, 6) is 0. The van der Waals surface area contributed by atoms with Gasteiger partial charge in [0.1, 0.15) is 0 Å². The topological polar surface area (TPSA) is 41.5 Å². The van der Waals surface area contributed by atoms with Crippen molar-refractivity contribution in [3.8, 4) is 0 Å². The molecule has 0 heterocycles. The SMILES string of the molecule is CCC(O)CCNCCOC(C)C. The van der Waals surface area contributed by atoms with Crippen molar-refractivity contribution in [1.29, 1.82) is 0 Å². The van der Waals surface area contributed by atoms with Crippen molar-refractivity contribution in [2.45, 2.75) is 45.8 Å². The molecule has 0 aliphatic heterocycles. The third-order valence-electron chi connectivity index (χ3n) is 1.86. The minimum Gasteiger partial charge on any atom is -0.393 e. The van der Waals surface area contributed by atoms with E-state index in [1.807, 2.05) is 20.8 Å². The standard InChI is InChI=1S/C10H23NO2/c1-4-10(12)5-6-11-7-8-13-9(2)3/h9-12H,4-8H2,1-3H3. The van der Waals surface area contributed by atoms with E-state index in [1.54, 1.807) is 0 Å². The number of rotatable bonds is 8. The van der Waals surface area contributed by atoms with Crippen molar-refractivity contribution >= 4 is 0 Å². The van der Waals surface area contributed by atoms with Crippen LogP contribution in [0.2, 0.25) is 0 Å². The van der Waals surface area contributed by atoms with E-state index in [2.05, 4.69) is 5.32 Å². The van der Waals surface area contributed by atoms with E-state index in [-0.39, 0.29) is 6.10 Å². The number of nitrogens with one attached hydrogen (secondary N) is 1. The highest BCUT2D eigenvalue weighted by molar-refractivity contribution is 4.55. The zero-order valence-corrected chi connectivity index (χ0v) is 9.05. The number of hydrogen-bond acceptors (Lipinski definition) is 3. The van der Waals surface area contributed by atoms with E-state index in [1.165, 1.54) is 0 Å². The molecule has 0 aliphatic carbocycles. The Morgan fingerprint density at radius 2 is 2.00 bits per heavy atom. The molecule has 80 valence electrons. The largest absolute Gasteiger partial charge is 0.393 e. The maximum absolute atomic E-state index is 9.23. The second-order valence-corrected chi connectivity index (χ2v) is 3.52. The van der Waals surface area contributed by atoms with Gasteiger partial charge in [-0.2, -0.15) is 0 Å². The summed E-state index contributed by atoms with van der Waals surface area (Å²) in [5.41, 5.74) is 0. The van der Waals surface area contributed by atoms with Crippen molar-refractivity contribution in [1.82, 2.24) is 5.32 Å². The molecule has 13 heavy (non-hydrogen) atoms. The predicted molar refractivity (Wildman–Crippen MR) is 54.9 cm³/mol. The molecule has 1 atom stereocenters. The highest BCUT2D eigenvalue weighted by Crippen LogP contribution is 1.93. The van der Waals surface area contributed by atoms with Gasteiger partial charge in [0.25, 0.3) is 0 Å². The summed E-state index contributed by atoms with van der Waals surface area (Å²) in [6.07, 6.45) is 1.82. The first-order chi connectivity index (χ1) is 6.16. The minimum absolute atomic E-state index is 0.154. The summed E-state index contributed by atoms with van der Waals surface area (Å²) in [4.78, 5) is 0. The highest BCUT2D eigenvalue weighted by atomic mass is 16.5. The molecule has 0 radical (unpaired) electrons. The Hall–Kier alpha value is -0.120. The zero-order valence-electron chi connectivity index (χ0n) is 9.05. The van der Waals surface area contributed by atoms with Gasteiger partial charge >= 0.3 is 0 Å². The second kappa shape index (κ2) is 8.48. The third-order valence-corrected chi connectivity index (χ3v) is 1.86. The van der Waals surface area contributed by atoms with Crippen molar-refractivity contribution in [3.05, 3.63) is 0 Å². The fraction of sp³-hybridized carbons (Fsp3) is 1.00. The van der Waals surface area contributed by atoms with E-state index in [0.717, 1.165) is 32.5 Å². The van der Waals surface area contributed by atoms with E-state index in [0.29, 0.717) is 6.10 Å². The fourth-order valence-corrected chi connectivity index (χ4v) is 0.965. The molecule has 0 amide bonds. The van der Waals surface area contributed by atoms with Crippen molar-refractivity contribution in [2.24, 2.45) is 0 Å². The van der Waals surface area contributed by atoms with Gasteiger partial charge in [0, 0.05) is 6.54 Å². The van der Waals surface area contributed by atoms with Gasteiger partial charge in [-0.3, -0.25) is 0 Å². The molecule has 0 aromatic carbocycles. The van der Waals surface area contributed by atoms with Gasteiger partial charge in [0.2, 0.25) is 0 Å². The minimum atomic E-state index is -0.154. The molecule has 3 nitrogen and oxygen atoms in total. The van der Waals surface area contributed by atoms with Crippen molar-refractivity contribution in [2.75, 3.05) is 19.7 Å². The monoisotopic (exact) mass is 189 g/mol. The molecule has 0 bridgehead atoms. The molecule has 0 aromatic rings. The Morgan fingerprint density at radius 1 is 1.31 bits per heavy atom. The molecule has 0 rings (SSSR count). The van der Waals surface area contributed by atoms with Crippen LogP contribution in [0, 0.1) is 0 Å². The van der Waals surface area contributed by atoms with Crippen LogP contribution in [-0.2, 0) is 4.74 Å². The molecular weight excluding hydrogens is 166 g/mol. The summed E-state index contributed by atoms with van der Waals surface area (Å²) in [7, 11) is 0. The number of ether oxygens (including phenoxy) is 1. The lowest BCUT2D eigenvalue weighted by Gasteiger charge is -2.10. The van der Waals surface area contributed by atoms with Crippen molar-refractivity contribution < 1.29 is 9.84 Å². The molecule has 2 N–H and O–H groups in total. The Bertz CT molecular complexity index is 107. The van der Waals surface area contributed by atoms with E-state index in [4.69, 9.17) is 4.74 Å². The Morgan fingerprint density at radius 3 is 2.54 bits per heavy atom. The normalized spacial score (nSPS) is 13.6. The van der Waals surface area contributed by atoms with Gasteiger partial charge < -0.3 is 15.2 Å². The van der Waals surface area contributed by atoms with E-state index in [9.17, 15) is 5.11 Å². The lowest BCUT2D eigenvalue weighted by Crippen LogP contribution is -2.24. The van der Waals surface area contributed by atoms with Gasteiger partial charge in [0.15, 0.2) is 0 Å². The van der Waals surface area contributed by atoms with Crippen LogP contribution in [0.25, 0.3) is 0 Å². The van der Waals surface area contributed by atoms with Crippen LogP contribution in [0.3, 0.4) is 0 Å². The van der Waals surface area contributed by atoms with Gasteiger partial charge in [-0.15, -0.1) is 0 Å². The molecule has 1 unspecified atom stereocenters. The Labute approximate surface area is 81.5 Å². The molecule has 0 saturated heterocycles. The summed E-state index contributed by atoms with van der Waals surface area (Å²) in [6, 6.07) is 0. The summed E-state index contributed by atoms with van der Waals surface area (Å²) >= 11 is 0. The molecular formula is C10H23NO2. The average Bonchev–Trinajstić information content (AvgIpc) is 2.10.